The van der Waals surface area contributed by atoms with E-state index in [0.29, 0.717) is 22.4 Å². The highest BCUT2D eigenvalue weighted by molar-refractivity contribution is 7.12. The standard InChI is InChI=1S/C23H22N4O3S/c1-15-7-9-17(10-8-15)20-14-31-23(24-20)27-21(11-16(2)26-27)25-22(28)13-30-19-6-4-5-18(12-19)29-3/h4-12,14H,13H2,1-3H3,(H,25,28). The first-order chi connectivity index (χ1) is 15.0. The molecule has 0 aliphatic rings. The molecule has 2 aromatic carbocycles. The van der Waals surface area contributed by atoms with Crippen molar-refractivity contribution in [3.8, 4) is 27.9 Å². The Labute approximate surface area is 184 Å². The van der Waals surface area contributed by atoms with Gasteiger partial charge in [0.25, 0.3) is 5.91 Å². The molecule has 4 rings (SSSR count). The van der Waals surface area contributed by atoms with Crippen LogP contribution >= 0.6 is 11.3 Å². The van der Waals surface area contributed by atoms with E-state index in [-0.39, 0.29) is 12.5 Å². The molecule has 7 nitrogen and oxygen atoms in total. The third-order valence-corrected chi connectivity index (χ3v) is 5.35. The highest BCUT2D eigenvalue weighted by atomic mass is 32.1. The first-order valence-corrected chi connectivity index (χ1v) is 10.6. The summed E-state index contributed by atoms with van der Waals surface area (Å²) in [5, 5.41) is 10.0. The van der Waals surface area contributed by atoms with Gasteiger partial charge in [0, 0.05) is 23.1 Å². The number of anilines is 1. The van der Waals surface area contributed by atoms with E-state index in [2.05, 4.69) is 29.5 Å². The lowest BCUT2D eigenvalue weighted by Gasteiger charge is -2.09. The molecule has 0 spiro atoms. The molecule has 0 saturated carbocycles. The predicted molar refractivity (Wildman–Crippen MR) is 121 cm³/mol. The zero-order valence-electron chi connectivity index (χ0n) is 17.5. The molecule has 0 unspecified atom stereocenters. The maximum Gasteiger partial charge on any atom is 0.263 e. The fourth-order valence-corrected chi connectivity index (χ4v) is 3.77. The molecule has 1 amide bonds. The summed E-state index contributed by atoms with van der Waals surface area (Å²) < 4.78 is 12.4. The van der Waals surface area contributed by atoms with Gasteiger partial charge in [0.1, 0.15) is 17.3 Å². The number of carbonyl (C=O) groups excluding carboxylic acids is 1. The van der Waals surface area contributed by atoms with Gasteiger partial charge in [0.15, 0.2) is 6.61 Å². The Morgan fingerprint density at radius 3 is 2.65 bits per heavy atom. The number of carbonyl (C=O) groups is 1. The topological polar surface area (TPSA) is 78.3 Å². The Balaban J connectivity index is 1.47. The largest absolute Gasteiger partial charge is 0.497 e. The first kappa shape index (κ1) is 20.6. The van der Waals surface area contributed by atoms with Gasteiger partial charge in [-0.25, -0.2) is 4.98 Å². The number of aromatic nitrogens is 3. The molecule has 31 heavy (non-hydrogen) atoms. The van der Waals surface area contributed by atoms with Gasteiger partial charge in [0.2, 0.25) is 5.13 Å². The summed E-state index contributed by atoms with van der Waals surface area (Å²) in [5.41, 5.74) is 3.88. The van der Waals surface area contributed by atoms with Gasteiger partial charge < -0.3 is 14.8 Å². The van der Waals surface area contributed by atoms with E-state index >= 15 is 0 Å². The zero-order chi connectivity index (χ0) is 21.8. The number of aryl methyl sites for hydroxylation is 2. The number of ether oxygens (including phenoxy) is 2. The van der Waals surface area contributed by atoms with Crippen molar-refractivity contribution in [2.45, 2.75) is 13.8 Å². The molecule has 158 valence electrons. The van der Waals surface area contributed by atoms with Gasteiger partial charge >= 0.3 is 0 Å². The second-order valence-electron chi connectivity index (χ2n) is 6.98. The van der Waals surface area contributed by atoms with E-state index in [0.717, 1.165) is 17.0 Å². The molecule has 2 heterocycles. The highest BCUT2D eigenvalue weighted by Gasteiger charge is 2.15. The van der Waals surface area contributed by atoms with Crippen LogP contribution in [-0.4, -0.2) is 34.4 Å². The van der Waals surface area contributed by atoms with Crippen molar-refractivity contribution < 1.29 is 14.3 Å². The van der Waals surface area contributed by atoms with Crippen molar-refractivity contribution in [2.75, 3.05) is 19.0 Å². The molecule has 0 radical (unpaired) electrons. The molecule has 4 aromatic rings. The monoisotopic (exact) mass is 434 g/mol. The van der Waals surface area contributed by atoms with Crippen LogP contribution in [0.2, 0.25) is 0 Å². The lowest BCUT2D eigenvalue weighted by Crippen LogP contribution is -2.21. The number of amides is 1. The van der Waals surface area contributed by atoms with Gasteiger partial charge in [-0.15, -0.1) is 11.3 Å². The van der Waals surface area contributed by atoms with Crippen LogP contribution in [0, 0.1) is 13.8 Å². The normalized spacial score (nSPS) is 10.7. The Kier molecular flexibility index (Phi) is 5.99. The van der Waals surface area contributed by atoms with E-state index in [1.165, 1.54) is 16.9 Å². The van der Waals surface area contributed by atoms with E-state index in [1.54, 1.807) is 36.1 Å². The molecule has 1 N–H and O–H groups in total. The average molecular weight is 435 g/mol. The lowest BCUT2D eigenvalue weighted by molar-refractivity contribution is -0.118. The molecule has 0 aliphatic carbocycles. The number of rotatable bonds is 7. The Morgan fingerprint density at radius 2 is 1.87 bits per heavy atom. The van der Waals surface area contributed by atoms with Crippen molar-refractivity contribution in [2.24, 2.45) is 0 Å². The smallest absolute Gasteiger partial charge is 0.263 e. The number of thiazole rings is 1. The van der Waals surface area contributed by atoms with Gasteiger partial charge in [-0.2, -0.15) is 9.78 Å². The van der Waals surface area contributed by atoms with E-state index in [1.807, 2.05) is 30.5 Å². The summed E-state index contributed by atoms with van der Waals surface area (Å²) in [7, 11) is 1.58. The maximum atomic E-state index is 12.5. The highest BCUT2D eigenvalue weighted by Crippen LogP contribution is 2.26. The van der Waals surface area contributed by atoms with Crippen LogP contribution in [-0.2, 0) is 4.79 Å². The second-order valence-corrected chi connectivity index (χ2v) is 7.82. The number of hydrogen-bond donors (Lipinski definition) is 1. The average Bonchev–Trinajstić information content (AvgIpc) is 3.39. The summed E-state index contributed by atoms with van der Waals surface area (Å²) in [5.74, 6) is 1.47. The van der Waals surface area contributed by atoms with E-state index < -0.39 is 0 Å². The molecular weight excluding hydrogens is 412 g/mol. The minimum atomic E-state index is -0.292. The molecular formula is C23H22N4O3S. The maximum absolute atomic E-state index is 12.5. The lowest BCUT2D eigenvalue weighted by atomic mass is 10.1. The number of nitrogens with zero attached hydrogens (tertiary/aromatic N) is 3. The molecule has 0 saturated heterocycles. The molecule has 8 heteroatoms. The summed E-state index contributed by atoms with van der Waals surface area (Å²) in [6, 6.07) is 17.1. The van der Waals surface area contributed by atoms with Crippen LogP contribution in [0.1, 0.15) is 11.3 Å². The quantitative estimate of drug-likeness (QED) is 0.459. The van der Waals surface area contributed by atoms with Gasteiger partial charge in [-0.1, -0.05) is 35.9 Å². The molecule has 0 bridgehead atoms. The zero-order valence-corrected chi connectivity index (χ0v) is 18.3. The van der Waals surface area contributed by atoms with Crippen LogP contribution < -0.4 is 14.8 Å². The third kappa shape index (κ3) is 4.92. The van der Waals surface area contributed by atoms with Crippen LogP contribution in [0.15, 0.2) is 60.0 Å². The minimum absolute atomic E-state index is 0.135. The molecule has 2 aromatic heterocycles. The van der Waals surface area contributed by atoms with Crippen LogP contribution in [0.5, 0.6) is 11.5 Å². The number of methoxy groups -OCH3 is 1. The summed E-state index contributed by atoms with van der Waals surface area (Å²) in [6.07, 6.45) is 0. The number of nitrogens with one attached hydrogen (secondary N) is 1. The minimum Gasteiger partial charge on any atom is -0.497 e. The fraction of sp³-hybridized carbons (Fsp3) is 0.174. The van der Waals surface area contributed by atoms with E-state index in [9.17, 15) is 4.79 Å². The van der Waals surface area contributed by atoms with Crippen LogP contribution in [0.3, 0.4) is 0 Å². The van der Waals surface area contributed by atoms with Crippen molar-refractivity contribution in [3.63, 3.8) is 0 Å². The Morgan fingerprint density at radius 1 is 1.10 bits per heavy atom. The van der Waals surface area contributed by atoms with E-state index in [4.69, 9.17) is 14.5 Å². The SMILES string of the molecule is COc1cccc(OCC(=O)Nc2cc(C)nn2-c2nc(-c3ccc(C)cc3)cs2)c1. The summed E-state index contributed by atoms with van der Waals surface area (Å²) in [4.78, 5) is 17.2. The molecule has 0 fully saturated rings. The van der Waals surface area contributed by atoms with Gasteiger partial charge in [-0.05, 0) is 26.0 Å². The Hall–Kier alpha value is -3.65. The first-order valence-electron chi connectivity index (χ1n) is 9.68. The van der Waals surface area contributed by atoms with Crippen molar-refractivity contribution in [1.29, 1.82) is 0 Å². The van der Waals surface area contributed by atoms with Gasteiger partial charge in [-0.3, -0.25) is 4.79 Å². The number of benzene rings is 2. The van der Waals surface area contributed by atoms with Crippen molar-refractivity contribution in [3.05, 3.63) is 71.2 Å². The predicted octanol–water partition coefficient (Wildman–Crippen LogP) is 4.64. The van der Waals surface area contributed by atoms with Crippen LogP contribution in [0.4, 0.5) is 5.82 Å². The fourth-order valence-electron chi connectivity index (χ4n) is 2.97. The van der Waals surface area contributed by atoms with Crippen LogP contribution in [0.25, 0.3) is 16.4 Å². The van der Waals surface area contributed by atoms with Gasteiger partial charge in [0.05, 0.1) is 18.5 Å². The van der Waals surface area contributed by atoms with Crippen molar-refractivity contribution in [1.82, 2.24) is 14.8 Å². The summed E-state index contributed by atoms with van der Waals surface area (Å²) >= 11 is 1.46. The van der Waals surface area contributed by atoms with Crippen molar-refractivity contribution >= 4 is 23.1 Å². The molecule has 0 atom stereocenters. The third-order valence-electron chi connectivity index (χ3n) is 4.53. The summed E-state index contributed by atoms with van der Waals surface area (Å²) in [6.45, 7) is 3.78. The number of hydrogen-bond acceptors (Lipinski definition) is 6. The molecule has 0 aliphatic heterocycles. The Bertz CT molecular complexity index is 1200. The second kappa shape index (κ2) is 9.01.